The first-order chi connectivity index (χ1) is 23.0. The molecule has 2 aromatic heterocycles. The van der Waals surface area contributed by atoms with Gasteiger partial charge in [-0.2, -0.15) is 6.07 Å². The number of hydrogen-bond acceptors (Lipinski definition) is 2. The molecule has 0 amide bonds. The molecule has 4 aromatic carbocycles. The summed E-state index contributed by atoms with van der Waals surface area (Å²) in [6.07, 6.45) is 1.91. The van der Waals surface area contributed by atoms with Crippen molar-refractivity contribution >= 4 is 38.9 Å². The van der Waals surface area contributed by atoms with E-state index in [1.807, 2.05) is 12.3 Å². The van der Waals surface area contributed by atoms with E-state index in [2.05, 4.69) is 166 Å². The van der Waals surface area contributed by atoms with Crippen LogP contribution in [0.25, 0.3) is 27.6 Å². The molecule has 50 heavy (non-hydrogen) atoms. The topological polar surface area (TPSA) is 27.1 Å². The summed E-state index contributed by atoms with van der Waals surface area (Å²) >= 11 is 0. The molecule has 3 aliphatic heterocycles. The van der Waals surface area contributed by atoms with Crippen molar-refractivity contribution < 1.29 is 25.8 Å². The molecule has 260 valence electrons. The van der Waals surface area contributed by atoms with E-state index >= 15 is 0 Å². The molecule has 1 saturated heterocycles. The Bertz CT molecular complexity index is 2290. The fourth-order valence-corrected chi connectivity index (χ4v) is 7.69. The Labute approximate surface area is 312 Å². The zero-order valence-corrected chi connectivity index (χ0v) is 33.2. The van der Waals surface area contributed by atoms with Gasteiger partial charge in [-0.1, -0.05) is 98.2 Å². The Balaban J connectivity index is 0.00000392. The molecule has 5 heterocycles. The zero-order chi connectivity index (χ0) is 34.7. The van der Waals surface area contributed by atoms with E-state index in [0.29, 0.717) is 16.0 Å². The molecule has 1 fully saturated rings. The first kappa shape index (κ1) is 34.7. The summed E-state index contributed by atoms with van der Waals surface area (Å²) in [6.45, 7) is 23.7. The average molecular weight is 843 g/mol. The van der Waals surface area contributed by atoms with E-state index < -0.39 is 0 Å². The van der Waals surface area contributed by atoms with Gasteiger partial charge in [0.1, 0.15) is 5.82 Å². The third-order valence-electron chi connectivity index (χ3n) is 10.5. The van der Waals surface area contributed by atoms with Gasteiger partial charge in [-0.05, 0) is 51.0 Å². The summed E-state index contributed by atoms with van der Waals surface area (Å²) in [5.41, 5.74) is 9.69. The number of benzene rings is 4. The Morgan fingerprint density at radius 3 is 2.08 bits per heavy atom. The molecule has 3 aliphatic rings. The van der Waals surface area contributed by atoms with Crippen molar-refractivity contribution in [3.8, 4) is 17.3 Å². The molecule has 0 unspecified atom stereocenters. The third-order valence-corrected chi connectivity index (χ3v) is 10.5. The number of ether oxygens (including phenoxy) is 1. The van der Waals surface area contributed by atoms with Gasteiger partial charge in [-0.25, -0.2) is 4.98 Å². The number of hydrogen-bond donors (Lipinski definition) is 0. The maximum Gasteiger partial charge on any atom is 0.179 e. The quantitative estimate of drug-likeness (QED) is 0.131. The third kappa shape index (κ3) is 5.45. The molecule has 0 N–H and O–H groups in total. The average Bonchev–Trinajstić information content (AvgIpc) is 3.58. The molecule has 0 saturated carbocycles. The summed E-state index contributed by atoms with van der Waals surface area (Å²) in [5.74, 6) is 2.24. The molecule has 0 aliphatic carbocycles. The number of rotatable bonds is 4. The van der Waals surface area contributed by atoms with E-state index in [9.17, 15) is 0 Å². The number of fused-ring (bicyclic) bond motifs is 3. The van der Waals surface area contributed by atoms with Crippen LogP contribution in [0.1, 0.15) is 79.0 Å². The molecule has 0 radical (unpaired) electrons. The summed E-state index contributed by atoms with van der Waals surface area (Å²) in [5, 5.41) is 2.28. The van der Waals surface area contributed by atoms with Gasteiger partial charge in [-0.3, -0.25) is 0 Å². The van der Waals surface area contributed by atoms with Crippen molar-refractivity contribution in [2.75, 3.05) is 13.7 Å². The number of pyridine rings is 1. The second-order valence-corrected chi connectivity index (χ2v) is 17.4. The number of quaternary nitrogens is 2. The maximum absolute atomic E-state index is 6.75. The van der Waals surface area contributed by atoms with Crippen LogP contribution in [0.15, 0.2) is 85.1 Å². The fourth-order valence-electron chi connectivity index (χ4n) is 7.69. The Hall–Kier alpha value is -3.76. The van der Waals surface area contributed by atoms with Crippen LogP contribution in [0.3, 0.4) is 0 Å². The summed E-state index contributed by atoms with van der Waals surface area (Å²) in [6, 6.07) is 35.9. The monoisotopic (exact) mass is 842 g/mol. The summed E-state index contributed by atoms with van der Waals surface area (Å²) in [4.78, 5) is 4.85. The predicted molar refractivity (Wildman–Crippen MR) is 204 cm³/mol. The molecule has 2 bridgehead atoms. The smallest absolute Gasteiger partial charge is 0.179 e. The predicted octanol–water partition coefficient (Wildman–Crippen LogP) is 11.1. The van der Waals surface area contributed by atoms with Crippen molar-refractivity contribution in [1.82, 2.24) is 18.5 Å². The summed E-state index contributed by atoms with van der Waals surface area (Å²) in [7, 11) is 2.31. The molecule has 5 nitrogen and oxygen atoms in total. The molecule has 6 aromatic rings. The fraction of sp³-hybridized carbons (Fsp3) is 0.318. The van der Waals surface area contributed by atoms with Gasteiger partial charge in [0.15, 0.2) is 18.0 Å². The van der Waals surface area contributed by atoms with Gasteiger partial charge in [0.25, 0.3) is 0 Å². The van der Waals surface area contributed by atoms with Gasteiger partial charge in [0.05, 0.1) is 13.7 Å². The number of aromatic nitrogens is 2. The van der Waals surface area contributed by atoms with E-state index in [-0.39, 0.29) is 37.3 Å². The Kier molecular flexibility index (Phi) is 7.89. The van der Waals surface area contributed by atoms with E-state index in [4.69, 9.17) is 9.72 Å². The number of nitrogens with zero attached hydrogens (tertiary/aromatic N) is 4. The van der Waals surface area contributed by atoms with Crippen LogP contribution in [-0.4, -0.2) is 23.3 Å². The van der Waals surface area contributed by atoms with Crippen molar-refractivity contribution in [3.05, 3.63) is 121 Å². The van der Waals surface area contributed by atoms with Crippen molar-refractivity contribution in [1.29, 1.82) is 0 Å². The first-order valence-corrected chi connectivity index (χ1v) is 17.4. The molecule has 6 heteroatoms. The minimum absolute atomic E-state index is 0. The Morgan fingerprint density at radius 2 is 1.38 bits per heavy atom. The molecular weight excluding hydrogens is 796 g/mol. The van der Waals surface area contributed by atoms with E-state index in [0.717, 1.165) is 39.1 Å². The molecule has 9 rings (SSSR count). The minimum atomic E-state index is -0.0776. The van der Waals surface area contributed by atoms with Crippen molar-refractivity contribution in [2.45, 2.75) is 78.6 Å². The summed E-state index contributed by atoms with van der Waals surface area (Å²) < 4.78 is 10.5. The zero-order valence-electron chi connectivity index (χ0n) is 30.9. The van der Waals surface area contributed by atoms with Gasteiger partial charge in [0.2, 0.25) is 0 Å². The SMILES string of the molecule is CC(C)(C)c1cc(Oc2[c-]c3c(cc2)c2ccccc2n3-c2cc(C(C)(C)C)ccn2)[c-]c([N@@+]23[CH-][N@@+](C)(C2)c2cc(C(C)(C)C)ccc23)c1.[Pt]. The van der Waals surface area contributed by atoms with Crippen LogP contribution >= 0.6 is 0 Å². The van der Waals surface area contributed by atoms with Gasteiger partial charge < -0.3 is 18.3 Å². The molecule has 2 atom stereocenters. The normalized spacial score (nSPS) is 20.0. The van der Waals surface area contributed by atoms with Crippen LogP contribution in [-0.2, 0) is 37.3 Å². The van der Waals surface area contributed by atoms with Crippen LogP contribution in [0.4, 0.5) is 17.1 Å². The van der Waals surface area contributed by atoms with Crippen LogP contribution < -0.4 is 13.7 Å². The van der Waals surface area contributed by atoms with E-state index in [1.165, 1.54) is 33.5 Å². The van der Waals surface area contributed by atoms with Gasteiger partial charge >= 0.3 is 0 Å². The second kappa shape index (κ2) is 11.4. The first-order valence-electron chi connectivity index (χ1n) is 17.4. The largest absolute Gasteiger partial charge is 0.509 e. The Morgan fingerprint density at radius 1 is 0.700 bits per heavy atom. The molecule has 0 spiro atoms. The van der Waals surface area contributed by atoms with Crippen LogP contribution in [0.2, 0.25) is 0 Å². The van der Waals surface area contributed by atoms with Crippen molar-refractivity contribution in [2.24, 2.45) is 0 Å². The van der Waals surface area contributed by atoms with E-state index in [1.54, 1.807) is 0 Å². The maximum atomic E-state index is 6.75. The van der Waals surface area contributed by atoms with Crippen molar-refractivity contribution in [3.63, 3.8) is 0 Å². The van der Waals surface area contributed by atoms with Gasteiger partial charge in [0, 0.05) is 62.1 Å². The van der Waals surface area contributed by atoms with Crippen LogP contribution in [0.5, 0.6) is 11.5 Å². The molecular formula is C44H47N4OPt-. The second-order valence-electron chi connectivity index (χ2n) is 17.4. The minimum Gasteiger partial charge on any atom is -0.509 e. The van der Waals surface area contributed by atoms with Crippen LogP contribution in [0, 0.1) is 18.8 Å². The standard InChI is InChI=1S/C44H47N4O.Pt/c1-42(2,3)29-15-18-39-40(23-29)47(10)27-48(39,28-47)32-21-31(44(7,8)9)22-34(25-32)49-33-16-17-36-35-13-11-12-14-37(35)46(38(36)26-33)41-24-30(19-20-45-41)43(4,5)6;/h11-24,27H,28H2,1-10H3;/q-1;/t47-,48+;/m0./s1. The van der Waals surface area contributed by atoms with Gasteiger partial charge in [-0.15, -0.1) is 35.2 Å². The number of para-hydroxylation sites is 1.